The normalized spacial score (nSPS) is 29.9. The molecular formula is C7H12Na4O13P2. The molecule has 132 valence electrons. The van der Waals surface area contributed by atoms with Crippen LogP contribution < -0.4 is 138 Å². The van der Waals surface area contributed by atoms with E-state index in [2.05, 4.69) is 13.8 Å². The summed E-state index contributed by atoms with van der Waals surface area (Å²) in [5.41, 5.74) is 0. The van der Waals surface area contributed by atoms with Gasteiger partial charge in [-0.1, -0.05) is 0 Å². The van der Waals surface area contributed by atoms with Crippen LogP contribution in [0.15, 0.2) is 0 Å². The fourth-order valence-electron chi connectivity index (χ4n) is 1.67. The van der Waals surface area contributed by atoms with E-state index in [1.165, 1.54) is 0 Å². The van der Waals surface area contributed by atoms with Gasteiger partial charge in [0.05, 0.1) is 22.3 Å². The standard InChI is InChI=1S/C7H16O13P2.4Na/c8-2(1-18-21(12,13)14)6-4(10)3(9)5(11)7(19-6)20-22(15,16)17;;;;/h2-11H,1H2,(H2,12,13,14)(H2,15,16,17);;;;/q;4*+1/p-4/t2-,3+,4+,5+,6-,7+;;;;/m1..../s1. The SMILES string of the molecule is O=P([O-])([O-])OC[C@@H](O)[C@H]1O[C@@H](OP(=O)([O-])[O-])[C@@H](O)[C@@H](O)[C@@H]1O.[Na+].[Na+].[Na+].[Na+]. The maximum atomic E-state index is 10.5. The molecule has 0 amide bonds. The van der Waals surface area contributed by atoms with E-state index in [1.807, 2.05) is 0 Å². The van der Waals surface area contributed by atoms with Crippen molar-refractivity contribution in [2.24, 2.45) is 0 Å². The van der Waals surface area contributed by atoms with Crippen molar-refractivity contribution in [3.63, 3.8) is 0 Å². The van der Waals surface area contributed by atoms with Gasteiger partial charge in [0.15, 0.2) is 6.29 Å². The summed E-state index contributed by atoms with van der Waals surface area (Å²) in [7, 11) is -11.1. The van der Waals surface area contributed by atoms with Crippen LogP contribution >= 0.6 is 15.6 Å². The van der Waals surface area contributed by atoms with Crippen LogP contribution in [0.1, 0.15) is 0 Å². The second-order valence-electron chi connectivity index (χ2n) is 4.30. The van der Waals surface area contributed by atoms with Crippen LogP contribution in [0.25, 0.3) is 0 Å². The molecule has 0 unspecified atom stereocenters. The molecule has 0 aromatic rings. The number of phosphoric acid groups is 2. The summed E-state index contributed by atoms with van der Waals surface area (Å²) >= 11 is 0. The largest absolute Gasteiger partial charge is 1.00 e. The Hall–Kier alpha value is 4.02. The van der Waals surface area contributed by atoms with Gasteiger partial charge in [-0.2, -0.15) is 0 Å². The molecule has 0 spiro atoms. The minimum atomic E-state index is -5.65. The van der Waals surface area contributed by atoms with Gasteiger partial charge in [0.1, 0.15) is 30.5 Å². The Balaban J connectivity index is -0.000000605. The molecule has 1 heterocycles. The van der Waals surface area contributed by atoms with Crippen LogP contribution in [0.3, 0.4) is 0 Å². The van der Waals surface area contributed by atoms with Crippen molar-refractivity contribution in [3.8, 4) is 0 Å². The minimum Gasteiger partial charge on any atom is -0.790 e. The maximum Gasteiger partial charge on any atom is 1.00 e. The third-order valence-corrected chi connectivity index (χ3v) is 3.55. The Morgan fingerprint density at radius 1 is 0.885 bits per heavy atom. The zero-order valence-electron chi connectivity index (χ0n) is 14.5. The summed E-state index contributed by atoms with van der Waals surface area (Å²) < 4.78 is 32.9. The molecule has 0 saturated carbocycles. The van der Waals surface area contributed by atoms with E-state index in [-0.39, 0.29) is 118 Å². The van der Waals surface area contributed by atoms with E-state index in [4.69, 9.17) is 0 Å². The summed E-state index contributed by atoms with van der Waals surface area (Å²) in [6.07, 6.45) is -12.5. The molecular weight excluding hydrogens is 446 g/mol. The second-order valence-corrected chi connectivity index (χ2v) is 6.56. The molecule has 4 N–H and O–H groups in total. The Bertz CT molecular complexity index is 473. The molecule has 1 rings (SSSR count). The molecule has 0 aromatic carbocycles. The Morgan fingerprint density at radius 2 is 1.35 bits per heavy atom. The van der Waals surface area contributed by atoms with Crippen LogP contribution in [0.2, 0.25) is 0 Å². The second kappa shape index (κ2) is 15.8. The smallest absolute Gasteiger partial charge is 0.790 e. The van der Waals surface area contributed by atoms with E-state index in [9.17, 15) is 49.1 Å². The number of aliphatic hydroxyl groups excluding tert-OH is 4. The molecule has 19 heteroatoms. The van der Waals surface area contributed by atoms with Crippen LogP contribution in [0, 0.1) is 0 Å². The fraction of sp³-hybridized carbons (Fsp3) is 1.00. The zero-order chi connectivity index (χ0) is 17.3. The molecule has 1 aliphatic rings. The van der Waals surface area contributed by atoms with Crippen molar-refractivity contribution in [2.45, 2.75) is 36.8 Å². The topological polar surface area (TPSA) is 235 Å². The Morgan fingerprint density at radius 3 is 1.73 bits per heavy atom. The number of aliphatic hydroxyl groups is 4. The molecule has 13 nitrogen and oxygen atoms in total. The third-order valence-electron chi connectivity index (χ3n) is 2.62. The van der Waals surface area contributed by atoms with Crippen molar-refractivity contribution in [3.05, 3.63) is 0 Å². The van der Waals surface area contributed by atoms with Crippen molar-refractivity contribution >= 4 is 15.6 Å². The van der Waals surface area contributed by atoms with E-state index in [0.717, 1.165) is 0 Å². The van der Waals surface area contributed by atoms with Gasteiger partial charge in [0.2, 0.25) is 0 Å². The first kappa shape index (κ1) is 37.3. The quantitative estimate of drug-likeness (QED) is 0.214. The number of phosphoric ester groups is 2. The Labute approximate surface area is 236 Å². The van der Waals surface area contributed by atoms with Crippen LogP contribution in [0.5, 0.6) is 0 Å². The molecule has 0 radical (unpaired) electrons. The van der Waals surface area contributed by atoms with Crippen molar-refractivity contribution in [1.82, 2.24) is 0 Å². The number of rotatable bonds is 6. The van der Waals surface area contributed by atoms with E-state index in [1.54, 1.807) is 0 Å². The summed E-state index contributed by atoms with van der Waals surface area (Å²) in [5, 5.41) is 38.0. The summed E-state index contributed by atoms with van der Waals surface area (Å²) in [6, 6.07) is 0. The van der Waals surface area contributed by atoms with Crippen LogP contribution in [0.4, 0.5) is 0 Å². The first-order chi connectivity index (χ1) is 9.82. The molecule has 6 atom stereocenters. The third kappa shape index (κ3) is 13.4. The van der Waals surface area contributed by atoms with Gasteiger partial charge in [-0.15, -0.1) is 0 Å². The average Bonchev–Trinajstić information content (AvgIpc) is 2.34. The van der Waals surface area contributed by atoms with E-state index < -0.39 is 59.1 Å². The maximum absolute atomic E-state index is 10.5. The van der Waals surface area contributed by atoms with Crippen molar-refractivity contribution in [2.75, 3.05) is 6.61 Å². The molecule has 1 saturated heterocycles. The first-order valence-corrected chi connectivity index (χ1v) is 8.49. The number of hydrogen-bond donors (Lipinski definition) is 4. The summed E-state index contributed by atoms with van der Waals surface area (Å²) in [6.45, 7) is -1.19. The number of hydrogen-bond acceptors (Lipinski definition) is 13. The summed E-state index contributed by atoms with van der Waals surface area (Å²) in [5.74, 6) is 0. The van der Waals surface area contributed by atoms with Gasteiger partial charge < -0.3 is 62.9 Å². The molecule has 26 heavy (non-hydrogen) atoms. The van der Waals surface area contributed by atoms with Gasteiger partial charge in [-0.25, -0.2) is 0 Å². The molecule has 1 fully saturated rings. The van der Waals surface area contributed by atoms with Gasteiger partial charge >= 0.3 is 118 Å². The van der Waals surface area contributed by atoms with Gasteiger partial charge in [0, 0.05) is 0 Å². The van der Waals surface area contributed by atoms with Crippen LogP contribution in [-0.4, -0.2) is 63.8 Å². The number of ether oxygens (including phenoxy) is 1. The van der Waals surface area contributed by atoms with Crippen molar-refractivity contribution < 1.29 is 181 Å². The van der Waals surface area contributed by atoms with E-state index >= 15 is 0 Å². The summed E-state index contributed by atoms with van der Waals surface area (Å²) in [4.78, 5) is 41.5. The van der Waals surface area contributed by atoms with E-state index in [0.29, 0.717) is 0 Å². The van der Waals surface area contributed by atoms with Gasteiger partial charge in [0.25, 0.3) is 0 Å². The molecule has 0 bridgehead atoms. The predicted octanol–water partition coefficient (Wildman–Crippen LogP) is -18.1. The van der Waals surface area contributed by atoms with Gasteiger partial charge in [-0.3, -0.25) is 0 Å². The Kier molecular flexibility index (Phi) is 22.6. The first-order valence-electron chi connectivity index (χ1n) is 5.56. The van der Waals surface area contributed by atoms with Crippen LogP contribution in [-0.2, 0) is 22.9 Å². The monoisotopic (exact) mass is 458 g/mol. The fourth-order valence-corrected chi connectivity index (χ4v) is 2.43. The molecule has 0 aliphatic carbocycles. The average molecular weight is 458 g/mol. The minimum absolute atomic E-state index is 0. The zero-order valence-corrected chi connectivity index (χ0v) is 24.3. The molecule has 1 aliphatic heterocycles. The van der Waals surface area contributed by atoms with Crippen molar-refractivity contribution in [1.29, 1.82) is 0 Å². The predicted molar refractivity (Wildman–Crippen MR) is 54.9 cm³/mol. The van der Waals surface area contributed by atoms with Gasteiger partial charge in [-0.05, 0) is 0 Å². The molecule has 0 aromatic heterocycles.